The van der Waals surface area contributed by atoms with Crippen molar-refractivity contribution in [3.8, 4) is 0 Å². The molecular weight excluding hydrogens is 520 g/mol. The Bertz CT molecular complexity index is 1780. The van der Waals surface area contributed by atoms with Gasteiger partial charge in [0.15, 0.2) is 0 Å². The van der Waals surface area contributed by atoms with Crippen LogP contribution in [0.1, 0.15) is 11.1 Å². The van der Waals surface area contributed by atoms with Crippen LogP contribution in [0.5, 0.6) is 0 Å². The Kier molecular flexibility index (Phi) is 6.87. The van der Waals surface area contributed by atoms with E-state index < -0.39 is 25.0 Å². The molecule has 0 N–H and O–H groups in total. The van der Waals surface area contributed by atoms with Gasteiger partial charge in [-0.05, 0) is 50.2 Å². The van der Waals surface area contributed by atoms with Crippen LogP contribution in [-0.2, 0) is 20.0 Å². The smallest absolute Gasteiger partial charge is 0.258 e. The van der Waals surface area contributed by atoms with Crippen molar-refractivity contribution in [2.75, 3.05) is 0 Å². The van der Waals surface area contributed by atoms with E-state index in [0.717, 1.165) is 19.3 Å². The molecule has 0 spiro atoms. The molecule has 0 saturated carbocycles. The van der Waals surface area contributed by atoms with E-state index in [1.54, 1.807) is 42.5 Å². The average molecular weight is 541 g/mol. The third kappa shape index (κ3) is 5.24. The van der Waals surface area contributed by atoms with Gasteiger partial charge in [-0.1, -0.05) is 40.6 Å². The first-order valence-electron chi connectivity index (χ1n) is 10.6. The number of nitrogens with zero attached hydrogens (tertiary/aromatic N) is 6. The molecule has 0 aliphatic heterocycles. The SMILES string of the molecule is Cc1ccc(S(=O)(=O)n2cccn2)cc1.Cc1ccc(S(=O)(=O)n2nnc3cc([N+](=O)[O-])ccc32)cc1. The number of aromatic nitrogens is 5. The summed E-state index contributed by atoms with van der Waals surface area (Å²) in [7, 11) is -7.41. The first-order chi connectivity index (χ1) is 17.5. The molecule has 5 rings (SSSR count). The number of non-ortho nitro benzene ring substituents is 1. The Morgan fingerprint density at radius 1 is 0.811 bits per heavy atom. The zero-order valence-electron chi connectivity index (χ0n) is 19.5. The summed E-state index contributed by atoms with van der Waals surface area (Å²) in [5.41, 5.74) is 2.11. The first kappa shape index (κ1) is 25.7. The Hall–Kier alpha value is -4.43. The lowest BCUT2D eigenvalue weighted by Crippen LogP contribution is -2.14. The van der Waals surface area contributed by atoms with Crippen molar-refractivity contribution in [3.63, 3.8) is 0 Å². The van der Waals surface area contributed by atoms with Gasteiger partial charge in [0.05, 0.1) is 20.9 Å². The van der Waals surface area contributed by atoms with Gasteiger partial charge >= 0.3 is 0 Å². The lowest BCUT2D eigenvalue weighted by Gasteiger charge is -2.05. The van der Waals surface area contributed by atoms with Crippen molar-refractivity contribution < 1.29 is 21.8 Å². The predicted molar refractivity (Wildman–Crippen MR) is 134 cm³/mol. The lowest BCUT2D eigenvalue weighted by atomic mass is 10.2. The van der Waals surface area contributed by atoms with Gasteiger partial charge < -0.3 is 0 Å². The summed E-state index contributed by atoms with van der Waals surface area (Å²) in [6.45, 7) is 3.75. The number of nitro groups is 1. The van der Waals surface area contributed by atoms with Crippen LogP contribution in [-0.4, -0.2) is 45.3 Å². The molecule has 14 heteroatoms. The Morgan fingerprint density at radius 2 is 1.38 bits per heavy atom. The number of nitro benzene ring substituents is 1. The maximum atomic E-state index is 12.6. The molecule has 2 aromatic heterocycles. The molecule has 37 heavy (non-hydrogen) atoms. The van der Waals surface area contributed by atoms with Crippen molar-refractivity contribution >= 4 is 36.8 Å². The normalized spacial score (nSPS) is 11.6. The molecule has 0 amide bonds. The molecule has 0 bridgehead atoms. The van der Waals surface area contributed by atoms with Crippen LogP contribution < -0.4 is 0 Å². The van der Waals surface area contributed by atoms with Gasteiger partial charge in [-0.3, -0.25) is 10.1 Å². The Balaban J connectivity index is 0.000000186. The van der Waals surface area contributed by atoms with Gasteiger partial charge in [0.25, 0.3) is 25.7 Å². The summed E-state index contributed by atoms with van der Waals surface area (Å²) in [5.74, 6) is 0. The van der Waals surface area contributed by atoms with E-state index in [0.29, 0.717) is 0 Å². The van der Waals surface area contributed by atoms with E-state index in [4.69, 9.17) is 0 Å². The van der Waals surface area contributed by atoms with Gasteiger partial charge in [0.1, 0.15) is 11.0 Å². The largest absolute Gasteiger partial charge is 0.284 e. The molecule has 190 valence electrons. The van der Waals surface area contributed by atoms with Gasteiger partial charge in [0, 0.05) is 18.3 Å². The number of hydrogen-bond donors (Lipinski definition) is 0. The number of benzene rings is 3. The molecule has 0 saturated heterocycles. The molecule has 0 aliphatic rings. The van der Waals surface area contributed by atoms with Crippen LogP contribution >= 0.6 is 0 Å². The predicted octanol–water partition coefficient (Wildman–Crippen LogP) is 3.31. The standard InChI is InChI=1S/C13H10N4O4S.C10H10N2O2S/c1-9-2-5-11(6-3-9)22(20,21)16-13-7-4-10(17(18)19)8-12(13)14-15-16;1-9-3-5-10(6-4-9)15(13,14)12-8-2-7-11-12/h2-8H,1H3;2-8H,1H3. The fourth-order valence-corrected chi connectivity index (χ4v) is 5.54. The molecular formula is C23H20N6O6S2. The number of aryl methyl sites for hydroxylation is 2. The van der Waals surface area contributed by atoms with E-state index in [2.05, 4.69) is 15.4 Å². The quantitative estimate of drug-likeness (QED) is 0.241. The summed E-state index contributed by atoms with van der Waals surface area (Å²) in [5, 5.41) is 21.8. The molecule has 5 aromatic rings. The third-order valence-corrected chi connectivity index (χ3v) is 8.37. The van der Waals surface area contributed by atoms with Crippen LogP contribution in [0.3, 0.4) is 0 Å². The van der Waals surface area contributed by atoms with Crippen LogP contribution in [0.2, 0.25) is 0 Å². The topological polar surface area (TPSA) is 160 Å². The minimum atomic E-state index is -3.90. The minimum absolute atomic E-state index is 0.0725. The van der Waals surface area contributed by atoms with E-state index in [1.165, 1.54) is 42.7 Å². The highest BCUT2D eigenvalue weighted by Crippen LogP contribution is 2.22. The monoisotopic (exact) mass is 540 g/mol. The van der Waals surface area contributed by atoms with Crippen LogP contribution in [0.25, 0.3) is 11.0 Å². The molecule has 12 nitrogen and oxygen atoms in total. The minimum Gasteiger partial charge on any atom is -0.258 e. The van der Waals surface area contributed by atoms with E-state index in [-0.39, 0.29) is 26.5 Å². The molecule has 0 aliphatic carbocycles. The Morgan fingerprint density at radius 3 is 1.89 bits per heavy atom. The van der Waals surface area contributed by atoms with Crippen LogP contribution in [0.4, 0.5) is 5.69 Å². The summed E-state index contributed by atoms with van der Waals surface area (Å²) in [6, 6.07) is 18.3. The second-order valence-electron chi connectivity index (χ2n) is 7.88. The highest BCUT2D eigenvalue weighted by Gasteiger charge is 2.22. The zero-order valence-corrected chi connectivity index (χ0v) is 21.2. The molecule has 2 heterocycles. The number of rotatable bonds is 5. The molecule has 0 radical (unpaired) electrons. The van der Waals surface area contributed by atoms with Gasteiger partial charge in [-0.2, -0.15) is 26.0 Å². The molecule has 0 atom stereocenters. The average Bonchev–Trinajstić information content (AvgIpc) is 3.56. The van der Waals surface area contributed by atoms with Crippen LogP contribution in [0.15, 0.2) is 95.0 Å². The van der Waals surface area contributed by atoms with Gasteiger partial charge in [-0.25, -0.2) is 0 Å². The van der Waals surface area contributed by atoms with Crippen molar-refractivity contribution in [2.45, 2.75) is 23.6 Å². The van der Waals surface area contributed by atoms with Crippen molar-refractivity contribution in [1.82, 2.24) is 23.6 Å². The summed E-state index contributed by atoms with van der Waals surface area (Å²) >= 11 is 0. The zero-order chi connectivity index (χ0) is 26.8. The van der Waals surface area contributed by atoms with E-state index in [9.17, 15) is 26.9 Å². The fourth-order valence-electron chi connectivity index (χ4n) is 3.21. The summed E-state index contributed by atoms with van der Waals surface area (Å²) in [4.78, 5) is 10.5. The highest BCUT2D eigenvalue weighted by atomic mass is 32.2. The Labute approximate surface area is 212 Å². The maximum absolute atomic E-state index is 12.6. The molecule has 0 unspecified atom stereocenters. The second kappa shape index (κ2) is 9.91. The van der Waals surface area contributed by atoms with Crippen molar-refractivity contribution in [3.05, 3.63) is 106 Å². The first-order valence-corrected chi connectivity index (χ1v) is 13.5. The number of hydrogen-bond acceptors (Lipinski definition) is 9. The fraction of sp³-hybridized carbons (Fsp3) is 0.0870. The highest BCUT2D eigenvalue weighted by molar-refractivity contribution is 7.90. The van der Waals surface area contributed by atoms with E-state index in [1.807, 2.05) is 13.8 Å². The maximum Gasteiger partial charge on any atom is 0.284 e. The second-order valence-corrected chi connectivity index (χ2v) is 11.4. The third-order valence-electron chi connectivity index (χ3n) is 5.20. The summed E-state index contributed by atoms with van der Waals surface area (Å²) < 4.78 is 50.7. The summed E-state index contributed by atoms with van der Waals surface area (Å²) in [6.07, 6.45) is 2.85. The van der Waals surface area contributed by atoms with E-state index >= 15 is 0 Å². The van der Waals surface area contributed by atoms with Crippen molar-refractivity contribution in [1.29, 1.82) is 0 Å². The van der Waals surface area contributed by atoms with Crippen LogP contribution in [0, 0.1) is 24.0 Å². The molecule has 0 fully saturated rings. The van der Waals surface area contributed by atoms with Gasteiger partial charge in [0.2, 0.25) is 0 Å². The number of fused-ring (bicyclic) bond motifs is 1. The molecule has 3 aromatic carbocycles. The van der Waals surface area contributed by atoms with Gasteiger partial charge in [-0.15, -0.1) is 9.19 Å². The van der Waals surface area contributed by atoms with Crippen molar-refractivity contribution in [2.24, 2.45) is 0 Å². The lowest BCUT2D eigenvalue weighted by molar-refractivity contribution is -0.384.